The first-order valence-electron chi connectivity index (χ1n) is 9.15. The van der Waals surface area contributed by atoms with Crippen LogP contribution in [0.2, 0.25) is 0 Å². The second kappa shape index (κ2) is 6.32. The fourth-order valence-electron chi connectivity index (χ4n) is 4.54. The van der Waals surface area contributed by atoms with Crippen molar-refractivity contribution in [2.45, 2.75) is 18.4 Å². The van der Waals surface area contributed by atoms with Gasteiger partial charge in [-0.1, -0.05) is 36.4 Å². The summed E-state index contributed by atoms with van der Waals surface area (Å²) >= 11 is 0. The number of benzene rings is 2. The number of nitrogens with zero attached hydrogens (tertiary/aromatic N) is 1. The topological polar surface area (TPSA) is 48.0 Å². The molecule has 3 aliphatic rings. The van der Waals surface area contributed by atoms with Gasteiger partial charge in [0, 0.05) is 31.0 Å². The first-order valence-corrected chi connectivity index (χ1v) is 9.15. The molecule has 0 aromatic heterocycles. The van der Waals surface area contributed by atoms with E-state index >= 15 is 0 Å². The summed E-state index contributed by atoms with van der Waals surface area (Å²) < 4.78 is 16.8. The SMILES string of the molecule is O=C(c1cccc2c1OCO2)N1CC(c2ccccc2)C2COCCC21. The molecule has 26 heavy (non-hydrogen) atoms. The third-order valence-corrected chi connectivity index (χ3v) is 5.79. The van der Waals surface area contributed by atoms with E-state index in [1.165, 1.54) is 5.56 Å². The van der Waals surface area contributed by atoms with Gasteiger partial charge in [-0.15, -0.1) is 0 Å². The maximum atomic E-state index is 13.4. The number of hydrogen-bond donors (Lipinski definition) is 0. The van der Waals surface area contributed by atoms with Gasteiger partial charge in [0.25, 0.3) is 5.91 Å². The predicted octanol–water partition coefficient (Wildman–Crippen LogP) is 3.06. The van der Waals surface area contributed by atoms with Crippen molar-refractivity contribution in [1.29, 1.82) is 0 Å². The van der Waals surface area contributed by atoms with Crippen LogP contribution in [0.5, 0.6) is 11.5 Å². The molecule has 3 aliphatic heterocycles. The van der Waals surface area contributed by atoms with E-state index in [1.54, 1.807) is 0 Å². The Labute approximate surface area is 152 Å². The third kappa shape index (κ3) is 2.46. The molecule has 2 fully saturated rings. The molecule has 0 bridgehead atoms. The normalized spacial score (nSPS) is 26.6. The Morgan fingerprint density at radius 3 is 2.81 bits per heavy atom. The van der Waals surface area contributed by atoms with Gasteiger partial charge < -0.3 is 19.1 Å². The maximum absolute atomic E-state index is 13.4. The Morgan fingerprint density at radius 1 is 1.04 bits per heavy atom. The minimum Gasteiger partial charge on any atom is -0.454 e. The zero-order valence-corrected chi connectivity index (χ0v) is 14.5. The van der Waals surface area contributed by atoms with Crippen molar-refractivity contribution in [1.82, 2.24) is 4.90 Å². The molecule has 0 aliphatic carbocycles. The lowest BCUT2D eigenvalue weighted by molar-refractivity contribution is 0.0188. The Hall–Kier alpha value is -2.53. The van der Waals surface area contributed by atoms with Crippen LogP contribution in [0.4, 0.5) is 0 Å². The molecule has 0 spiro atoms. The minimum absolute atomic E-state index is 0.0303. The molecule has 3 unspecified atom stereocenters. The van der Waals surface area contributed by atoms with Crippen LogP contribution in [0.1, 0.15) is 28.3 Å². The Balaban J connectivity index is 1.49. The van der Waals surface area contributed by atoms with Crippen molar-refractivity contribution >= 4 is 5.91 Å². The molecule has 0 saturated carbocycles. The van der Waals surface area contributed by atoms with E-state index in [9.17, 15) is 4.79 Å². The van der Waals surface area contributed by atoms with Crippen molar-refractivity contribution in [2.75, 3.05) is 26.6 Å². The number of fused-ring (bicyclic) bond motifs is 2. The van der Waals surface area contributed by atoms with Crippen molar-refractivity contribution in [3.63, 3.8) is 0 Å². The van der Waals surface area contributed by atoms with Crippen LogP contribution in [0.15, 0.2) is 48.5 Å². The van der Waals surface area contributed by atoms with Crippen LogP contribution in [0.25, 0.3) is 0 Å². The number of carbonyl (C=O) groups is 1. The molecule has 5 heteroatoms. The molecule has 5 nitrogen and oxygen atoms in total. The lowest BCUT2D eigenvalue weighted by Gasteiger charge is -2.32. The van der Waals surface area contributed by atoms with Gasteiger partial charge >= 0.3 is 0 Å². The number of para-hydroxylation sites is 1. The molecule has 3 atom stereocenters. The lowest BCUT2D eigenvalue weighted by Crippen LogP contribution is -2.42. The lowest BCUT2D eigenvalue weighted by atomic mass is 9.84. The van der Waals surface area contributed by atoms with Crippen molar-refractivity contribution < 1.29 is 19.0 Å². The van der Waals surface area contributed by atoms with E-state index in [0.29, 0.717) is 48.7 Å². The van der Waals surface area contributed by atoms with E-state index in [-0.39, 0.29) is 18.7 Å². The van der Waals surface area contributed by atoms with Crippen LogP contribution in [0, 0.1) is 5.92 Å². The zero-order valence-electron chi connectivity index (χ0n) is 14.5. The van der Waals surface area contributed by atoms with Gasteiger partial charge in [-0.3, -0.25) is 4.79 Å². The summed E-state index contributed by atoms with van der Waals surface area (Å²) in [6.07, 6.45) is 0.881. The van der Waals surface area contributed by atoms with Crippen LogP contribution in [-0.2, 0) is 4.74 Å². The summed E-state index contributed by atoms with van der Waals surface area (Å²) in [4.78, 5) is 15.4. The number of likely N-dealkylation sites (tertiary alicyclic amines) is 1. The monoisotopic (exact) mass is 351 g/mol. The van der Waals surface area contributed by atoms with Gasteiger partial charge in [0.15, 0.2) is 11.5 Å². The van der Waals surface area contributed by atoms with E-state index in [1.807, 2.05) is 29.2 Å². The number of amides is 1. The first kappa shape index (κ1) is 15.7. The summed E-state index contributed by atoms with van der Waals surface area (Å²) in [6.45, 7) is 2.30. The summed E-state index contributed by atoms with van der Waals surface area (Å²) in [5.41, 5.74) is 1.88. The molecular weight excluding hydrogens is 330 g/mol. The largest absolute Gasteiger partial charge is 0.454 e. The second-order valence-electron chi connectivity index (χ2n) is 7.11. The van der Waals surface area contributed by atoms with Gasteiger partial charge in [0.1, 0.15) is 0 Å². The number of carbonyl (C=O) groups excluding carboxylic acids is 1. The number of hydrogen-bond acceptors (Lipinski definition) is 4. The molecular formula is C21H21NO4. The molecule has 3 heterocycles. The molecule has 1 amide bonds. The van der Waals surface area contributed by atoms with Crippen LogP contribution in [-0.4, -0.2) is 43.4 Å². The fourth-order valence-corrected chi connectivity index (χ4v) is 4.54. The van der Waals surface area contributed by atoms with Crippen LogP contribution < -0.4 is 9.47 Å². The summed E-state index contributed by atoms with van der Waals surface area (Å²) in [7, 11) is 0. The van der Waals surface area contributed by atoms with Gasteiger partial charge in [0.2, 0.25) is 6.79 Å². The van der Waals surface area contributed by atoms with Crippen LogP contribution in [0.3, 0.4) is 0 Å². The number of rotatable bonds is 2. The minimum atomic E-state index is 0.0303. The van der Waals surface area contributed by atoms with Crippen molar-refractivity contribution in [2.24, 2.45) is 5.92 Å². The van der Waals surface area contributed by atoms with E-state index in [2.05, 4.69) is 24.3 Å². The molecule has 2 aromatic rings. The van der Waals surface area contributed by atoms with Crippen molar-refractivity contribution in [3.05, 3.63) is 59.7 Å². The van der Waals surface area contributed by atoms with E-state index in [4.69, 9.17) is 14.2 Å². The molecule has 2 saturated heterocycles. The van der Waals surface area contributed by atoms with E-state index < -0.39 is 0 Å². The molecule has 0 radical (unpaired) electrons. The first-order chi connectivity index (χ1) is 12.8. The smallest absolute Gasteiger partial charge is 0.258 e. The molecule has 2 aromatic carbocycles. The maximum Gasteiger partial charge on any atom is 0.258 e. The number of ether oxygens (including phenoxy) is 3. The quantitative estimate of drug-likeness (QED) is 0.834. The van der Waals surface area contributed by atoms with Gasteiger partial charge in [-0.25, -0.2) is 0 Å². The standard InChI is InChI=1S/C21H21NO4/c23-21(15-7-4-8-19-20(15)26-13-25-19)22-11-16(14-5-2-1-3-6-14)17-12-24-10-9-18(17)22/h1-8,16-18H,9-13H2. The molecule has 0 N–H and O–H groups in total. The Morgan fingerprint density at radius 2 is 1.92 bits per heavy atom. The van der Waals surface area contributed by atoms with Crippen molar-refractivity contribution in [3.8, 4) is 11.5 Å². The average Bonchev–Trinajstić information content (AvgIpc) is 3.33. The summed E-state index contributed by atoms with van der Waals surface area (Å²) in [5.74, 6) is 1.90. The van der Waals surface area contributed by atoms with Gasteiger partial charge in [0.05, 0.1) is 12.2 Å². The Bertz CT molecular complexity index is 822. The Kier molecular flexibility index (Phi) is 3.82. The summed E-state index contributed by atoms with van der Waals surface area (Å²) in [6, 6.07) is 16.2. The third-order valence-electron chi connectivity index (χ3n) is 5.79. The highest BCUT2D eigenvalue weighted by molar-refractivity contribution is 5.98. The highest BCUT2D eigenvalue weighted by atomic mass is 16.7. The van der Waals surface area contributed by atoms with E-state index in [0.717, 1.165) is 6.42 Å². The molecule has 5 rings (SSSR count). The highest BCUT2D eigenvalue weighted by Crippen LogP contribution is 2.43. The summed E-state index contributed by atoms with van der Waals surface area (Å²) in [5, 5.41) is 0. The predicted molar refractivity (Wildman–Crippen MR) is 95.5 cm³/mol. The molecule has 134 valence electrons. The second-order valence-corrected chi connectivity index (χ2v) is 7.11. The van der Waals surface area contributed by atoms with Gasteiger partial charge in [-0.05, 0) is 24.1 Å². The highest BCUT2D eigenvalue weighted by Gasteiger charge is 2.46. The van der Waals surface area contributed by atoms with Crippen LogP contribution >= 0.6 is 0 Å². The average molecular weight is 351 g/mol. The zero-order chi connectivity index (χ0) is 17.5. The van der Waals surface area contributed by atoms with Gasteiger partial charge in [-0.2, -0.15) is 0 Å². The fraction of sp³-hybridized carbons (Fsp3) is 0.381.